The highest BCUT2D eigenvalue weighted by Crippen LogP contribution is 2.30. The van der Waals surface area contributed by atoms with E-state index in [1.54, 1.807) is 22.3 Å². The van der Waals surface area contributed by atoms with E-state index >= 15 is 0 Å². The van der Waals surface area contributed by atoms with Gasteiger partial charge in [-0.25, -0.2) is 0 Å². The SMILES string of the molecule is CC.CC.CCC/C1=C(\CC)C(C(C)N)/C=C/CCC1.CCCC(CC)=C(C)CCC(C)C. The van der Waals surface area contributed by atoms with Crippen LogP contribution in [-0.4, -0.2) is 6.04 Å². The van der Waals surface area contributed by atoms with Crippen LogP contribution in [0.25, 0.3) is 0 Å². The van der Waals surface area contributed by atoms with Crippen LogP contribution in [0, 0.1) is 11.8 Å². The Morgan fingerprint density at radius 3 is 2.00 bits per heavy atom. The van der Waals surface area contributed by atoms with Gasteiger partial charge in [-0.1, -0.05) is 117 Å². The summed E-state index contributed by atoms with van der Waals surface area (Å²) in [5, 5.41) is 0. The standard InChI is InChI=1S/C15H27N.C13H26.2C2H6/c1-4-9-13-10-7-6-8-11-15(12(3)16)14(13)5-2;1-6-8-13(7-2)12(5)10-9-11(3)4;2*1-2/h8,11-12,15H,4-7,9-10,16H2,1-3H3;11H,6-10H2,1-5H3;2*1-2H3/b11-8+,14-13-;;;. The lowest BCUT2D eigenvalue weighted by atomic mass is 9.82. The van der Waals surface area contributed by atoms with E-state index in [1.807, 2.05) is 27.7 Å². The zero-order valence-electron chi connectivity index (χ0n) is 25.2. The molecular formula is C32H65N. The van der Waals surface area contributed by atoms with E-state index in [1.165, 1.54) is 64.2 Å². The largest absolute Gasteiger partial charge is 0.327 e. The molecule has 0 aliphatic heterocycles. The van der Waals surface area contributed by atoms with Gasteiger partial charge in [-0.15, -0.1) is 0 Å². The van der Waals surface area contributed by atoms with Crippen molar-refractivity contribution in [1.29, 1.82) is 0 Å². The quantitative estimate of drug-likeness (QED) is 0.320. The molecule has 0 aromatic carbocycles. The lowest BCUT2D eigenvalue weighted by Gasteiger charge is -2.25. The predicted molar refractivity (Wildman–Crippen MR) is 157 cm³/mol. The number of allylic oxidation sites excluding steroid dienone is 4. The monoisotopic (exact) mass is 464 g/mol. The van der Waals surface area contributed by atoms with Crippen molar-refractivity contribution in [2.75, 3.05) is 0 Å². The molecule has 198 valence electrons. The average Bonchev–Trinajstić information content (AvgIpc) is 2.80. The Labute approximate surface area is 211 Å². The van der Waals surface area contributed by atoms with E-state index in [-0.39, 0.29) is 6.04 Å². The maximum atomic E-state index is 6.13. The summed E-state index contributed by atoms with van der Waals surface area (Å²) in [6, 6.07) is 0.246. The second-order valence-corrected chi connectivity index (χ2v) is 9.36. The Morgan fingerprint density at radius 2 is 1.58 bits per heavy atom. The fraction of sp³-hybridized carbons (Fsp3) is 0.812. The van der Waals surface area contributed by atoms with Gasteiger partial charge in [0.1, 0.15) is 0 Å². The minimum Gasteiger partial charge on any atom is -0.327 e. The topological polar surface area (TPSA) is 26.0 Å². The molecule has 1 rings (SSSR count). The summed E-state index contributed by atoms with van der Waals surface area (Å²) < 4.78 is 0. The summed E-state index contributed by atoms with van der Waals surface area (Å²) in [5.41, 5.74) is 12.8. The van der Waals surface area contributed by atoms with Crippen LogP contribution in [0.3, 0.4) is 0 Å². The Morgan fingerprint density at radius 1 is 0.970 bits per heavy atom. The van der Waals surface area contributed by atoms with Gasteiger partial charge in [-0.3, -0.25) is 0 Å². The highest BCUT2D eigenvalue weighted by molar-refractivity contribution is 5.24. The molecule has 0 amide bonds. The number of hydrogen-bond acceptors (Lipinski definition) is 1. The number of nitrogens with two attached hydrogens (primary N) is 1. The third kappa shape index (κ3) is 18.2. The molecule has 0 aromatic heterocycles. The second-order valence-electron chi connectivity index (χ2n) is 9.36. The van der Waals surface area contributed by atoms with Gasteiger partial charge in [0, 0.05) is 12.0 Å². The van der Waals surface area contributed by atoms with E-state index in [9.17, 15) is 0 Å². The summed E-state index contributed by atoms with van der Waals surface area (Å²) in [5.74, 6) is 1.32. The molecular weight excluding hydrogens is 398 g/mol. The summed E-state index contributed by atoms with van der Waals surface area (Å²) >= 11 is 0. The van der Waals surface area contributed by atoms with Crippen molar-refractivity contribution >= 4 is 0 Å². The lowest BCUT2D eigenvalue weighted by molar-refractivity contribution is 0.565. The third-order valence-electron chi connectivity index (χ3n) is 6.23. The Kier molecular flexibility index (Phi) is 28.7. The van der Waals surface area contributed by atoms with Gasteiger partial charge in [0.2, 0.25) is 0 Å². The molecule has 1 aliphatic rings. The summed E-state index contributed by atoms with van der Waals surface area (Å²) in [4.78, 5) is 0. The summed E-state index contributed by atoms with van der Waals surface area (Å²) in [7, 11) is 0. The van der Waals surface area contributed by atoms with Crippen LogP contribution in [0.15, 0.2) is 34.4 Å². The Balaban J connectivity index is -0.000000482. The molecule has 0 bridgehead atoms. The smallest absolute Gasteiger partial charge is 0.0128 e. The van der Waals surface area contributed by atoms with E-state index in [0.29, 0.717) is 5.92 Å². The summed E-state index contributed by atoms with van der Waals surface area (Å²) in [6.07, 6.45) is 18.7. The van der Waals surface area contributed by atoms with Crippen LogP contribution in [0.4, 0.5) is 0 Å². The van der Waals surface area contributed by atoms with Crippen LogP contribution >= 0.6 is 0 Å². The Bertz CT molecular complexity index is 505. The Hall–Kier alpha value is -0.820. The lowest BCUT2D eigenvalue weighted by Crippen LogP contribution is -2.27. The predicted octanol–water partition coefficient (Wildman–Crippen LogP) is 11.2. The molecule has 2 N–H and O–H groups in total. The molecule has 0 heterocycles. The van der Waals surface area contributed by atoms with Gasteiger partial charge in [0.25, 0.3) is 0 Å². The van der Waals surface area contributed by atoms with E-state index in [2.05, 4.69) is 67.5 Å². The normalized spacial score (nSPS) is 20.5. The zero-order chi connectivity index (χ0) is 26.2. The maximum Gasteiger partial charge on any atom is 0.0128 e. The molecule has 33 heavy (non-hydrogen) atoms. The molecule has 0 spiro atoms. The molecule has 1 nitrogen and oxygen atoms in total. The molecule has 1 aliphatic carbocycles. The number of rotatable bonds is 10. The molecule has 2 atom stereocenters. The minimum absolute atomic E-state index is 0.246. The summed E-state index contributed by atoms with van der Waals surface area (Å²) in [6.45, 7) is 26.2. The molecule has 0 radical (unpaired) electrons. The van der Waals surface area contributed by atoms with Crippen molar-refractivity contribution in [3.63, 3.8) is 0 Å². The van der Waals surface area contributed by atoms with Crippen LogP contribution in [0.1, 0.15) is 154 Å². The van der Waals surface area contributed by atoms with E-state index in [0.717, 1.165) is 12.3 Å². The van der Waals surface area contributed by atoms with Crippen LogP contribution in [0.2, 0.25) is 0 Å². The van der Waals surface area contributed by atoms with Crippen molar-refractivity contribution in [2.45, 2.75) is 160 Å². The van der Waals surface area contributed by atoms with Crippen molar-refractivity contribution in [1.82, 2.24) is 0 Å². The van der Waals surface area contributed by atoms with Crippen molar-refractivity contribution in [3.8, 4) is 0 Å². The third-order valence-corrected chi connectivity index (χ3v) is 6.23. The van der Waals surface area contributed by atoms with Crippen LogP contribution in [-0.2, 0) is 0 Å². The van der Waals surface area contributed by atoms with Crippen molar-refractivity contribution in [2.24, 2.45) is 17.6 Å². The highest BCUT2D eigenvalue weighted by Gasteiger charge is 2.19. The fourth-order valence-electron chi connectivity index (χ4n) is 4.43. The van der Waals surface area contributed by atoms with Gasteiger partial charge in [0.05, 0.1) is 0 Å². The maximum absolute atomic E-state index is 6.13. The fourth-order valence-corrected chi connectivity index (χ4v) is 4.43. The first-order valence-corrected chi connectivity index (χ1v) is 14.6. The molecule has 0 saturated heterocycles. The number of hydrogen-bond donors (Lipinski definition) is 1. The zero-order valence-corrected chi connectivity index (χ0v) is 25.2. The first-order valence-electron chi connectivity index (χ1n) is 14.6. The molecule has 0 aromatic rings. The van der Waals surface area contributed by atoms with Gasteiger partial charge >= 0.3 is 0 Å². The van der Waals surface area contributed by atoms with E-state index < -0.39 is 0 Å². The molecule has 0 fully saturated rings. The van der Waals surface area contributed by atoms with Gasteiger partial charge < -0.3 is 5.73 Å². The van der Waals surface area contributed by atoms with Crippen molar-refractivity contribution in [3.05, 3.63) is 34.4 Å². The van der Waals surface area contributed by atoms with Crippen molar-refractivity contribution < 1.29 is 0 Å². The van der Waals surface area contributed by atoms with Crippen LogP contribution < -0.4 is 5.73 Å². The van der Waals surface area contributed by atoms with Gasteiger partial charge in [-0.05, 0) is 77.6 Å². The molecule has 0 saturated carbocycles. The molecule has 1 heteroatoms. The van der Waals surface area contributed by atoms with Gasteiger partial charge in [-0.2, -0.15) is 0 Å². The first-order chi connectivity index (χ1) is 15.8. The van der Waals surface area contributed by atoms with E-state index in [4.69, 9.17) is 5.73 Å². The second kappa shape index (κ2) is 25.8. The first kappa shape index (κ1) is 36.7. The van der Waals surface area contributed by atoms with Crippen LogP contribution in [0.5, 0.6) is 0 Å². The molecule has 2 unspecified atom stereocenters. The average molecular weight is 464 g/mol. The van der Waals surface area contributed by atoms with Gasteiger partial charge in [0.15, 0.2) is 0 Å². The minimum atomic E-state index is 0.246. The highest BCUT2D eigenvalue weighted by atomic mass is 14.6.